The van der Waals surface area contributed by atoms with Crippen molar-refractivity contribution < 1.29 is 8.42 Å². The van der Waals surface area contributed by atoms with Crippen LogP contribution in [0, 0.1) is 0 Å². The fourth-order valence-electron chi connectivity index (χ4n) is 1.14. The molecule has 6 heteroatoms. The van der Waals surface area contributed by atoms with Crippen molar-refractivity contribution in [1.29, 1.82) is 0 Å². The van der Waals surface area contributed by atoms with Crippen LogP contribution in [0.25, 0.3) is 0 Å². The smallest absolute Gasteiger partial charge is 0.188 e. The highest BCUT2D eigenvalue weighted by atomic mass is 32.2. The summed E-state index contributed by atoms with van der Waals surface area (Å²) in [5.41, 5.74) is 5.39. The first-order valence-corrected chi connectivity index (χ1v) is 6.45. The lowest BCUT2D eigenvalue weighted by molar-refractivity contribution is 0.595. The average molecular weight is 241 g/mol. The number of guanidine groups is 1. The Morgan fingerprint density at radius 2 is 2.00 bits per heavy atom. The van der Waals surface area contributed by atoms with Crippen molar-refractivity contribution in [3.63, 3.8) is 0 Å². The Labute approximate surface area is 95.3 Å². The van der Waals surface area contributed by atoms with E-state index in [2.05, 4.69) is 10.3 Å². The van der Waals surface area contributed by atoms with E-state index in [4.69, 9.17) is 5.73 Å². The van der Waals surface area contributed by atoms with Crippen LogP contribution < -0.4 is 11.1 Å². The van der Waals surface area contributed by atoms with E-state index in [9.17, 15) is 8.42 Å². The minimum atomic E-state index is -3.24. The van der Waals surface area contributed by atoms with Crippen LogP contribution in [0.15, 0.2) is 40.2 Å². The molecular formula is C10H15N3O2S. The Morgan fingerprint density at radius 3 is 2.56 bits per heavy atom. The Balaban J connectivity index is 2.61. The molecule has 0 spiro atoms. The summed E-state index contributed by atoms with van der Waals surface area (Å²) in [5.74, 6) is 0.232. The molecule has 0 aliphatic heterocycles. The maximum atomic E-state index is 11.8. The van der Waals surface area contributed by atoms with Crippen LogP contribution in [0.1, 0.15) is 0 Å². The maximum Gasteiger partial charge on any atom is 0.188 e. The number of nitrogens with two attached hydrogens (primary N) is 1. The van der Waals surface area contributed by atoms with Gasteiger partial charge in [0.05, 0.1) is 10.6 Å². The van der Waals surface area contributed by atoms with Crippen molar-refractivity contribution in [2.45, 2.75) is 4.90 Å². The van der Waals surface area contributed by atoms with Crippen molar-refractivity contribution in [2.75, 3.05) is 19.3 Å². The maximum absolute atomic E-state index is 11.8. The van der Waals surface area contributed by atoms with Crippen LogP contribution in [0.5, 0.6) is 0 Å². The lowest BCUT2D eigenvalue weighted by Gasteiger charge is -2.06. The summed E-state index contributed by atoms with van der Waals surface area (Å²) in [6.07, 6.45) is 0. The molecule has 0 amide bonds. The summed E-state index contributed by atoms with van der Waals surface area (Å²) in [4.78, 5) is 3.99. The third kappa shape index (κ3) is 3.54. The molecule has 0 unspecified atom stereocenters. The van der Waals surface area contributed by atoms with Gasteiger partial charge in [-0.2, -0.15) is 0 Å². The Morgan fingerprint density at radius 1 is 1.38 bits per heavy atom. The number of hydrogen-bond donors (Lipinski definition) is 2. The Kier molecular flexibility index (Phi) is 4.30. The standard InChI is InChI=1S/C10H15N3O2S/c1-12-10(11)13-7-8-16(14,15)9-5-3-2-4-6-9/h2-6H,7-8H2,1H3,(H3,11,12,13). The van der Waals surface area contributed by atoms with Gasteiger partial charge in [-0.25, -0.2) is 8.42 Å². The Bertz CT molecular complexity index is 454. The van der Waals surface area contributed by atoms with Crippen molar-refractivity contribution in [2.24, 2.45) is 10.7 Å². The molecule has 5 nitrogen and oxygen atoms in total. The largest absolute Gasteiger partial charge is 0.370 e. The van der Waals surface area contributed by atoms with Gasteiger partial charge in [0.25, 0.3) is 0 Å². The molecule has 3 N–H and O–H groups in total. The highest BCUT2D eigenvalue weighted by Crippen LogP contribution is 2.08. The molecule has 1 rings (SSSR count). The van der Waals surface area contributed by atoms with E-state index in [-0.39, 0.29) is 18.3 Å². The molecule has 0 aliphatic rings. The van der Waals surface area contributed by atoms with Gasteiger partial charge in [0.15, 0.2) is 15.8 Å². The summed E-state index contributed by atoms with van der Waals surface area (Å²) in [6, 6.07) is 8.32. The second-order valence-electron chi connectivity index (χ2n) is 3.17. The molecule has 0 atom stereocenters. The summed E-state index contributed by atoms with van der Waals surface area (Å²) in [5, 5.41) is 2.71. The molecule has 0 heterocycles. The van der Waals surface area contributed by atoms with Crippen molar-refractivity contribution >= 4 is 15.8 Å². The van der Waals surface area contributed by atoms with Crippen molar-refractivity contribution in [1.82, 2.24) is 5.32 Å². The van der Waals surface area contributed by atoms with Crippen LogP contribution in [-0.2, 0) is 9.84 Å². The molecule has 0 aromatic heterocycles. The van der Waals surface area contributed by atoms with Gasteiger partial charge < -0.3 is 11.1 Å². The molecule has 0 saturated carbocycles. The van der Waals surface area contributed by atoms with Crippen LogP contribution >= 0.6 is 0 Å². The van der Waals surface area contributed by atoms with Crippen LogP contribution in [0.3, 0.4) is 0 Å². The van der Waals surface area contributed by atoms with Crippen LogP contribution in [0.2, 0.25) is 0 Å². The molecule has 16 heavy (non-hydrogen) atoms. The van der Waals surface area contributed by atoms with E-state index in [1.54, 1.807) is 30.3 Å². The first-order valence-electron chi connectivity index (χ1n) is 4.80. The van der Waals surface area contributed by atoms with Gasteiger partial charge in [0.2, 0.25) is 0 Å². The second kappa shape index (κ2) is 5.50. The van der Waals surface area contributed by atoms with Gasteiger partial charge in [-0.15, -0.1) is 0 Å². The van der Waals surface area contributed by atoms with E-state index in [0.717, 1.165) is 0 Å². The number of rotatable bonds is 4. The summed E-state index contributed by atoms with van der Waals surface area (Å²) < 4.78 is 23.6. The topological polar surface area (TPSA) is 84.5 Å². The average Bonchev–Trinajstić information content (AvgIpc) is 2.30. The van der Waals surface area contributed by atoms with E-state index >= 15 is 0 Å². The van der Waals surface area contributed by atoms with Gasteiger partial charge >= 0.3 is 0 Å². The molecular weight excluding hydrogens is 226 g/mol. The predicted octanol–water partition coefficient (Wildman–Crippen LogP) is -0.00560. The number of sulfone groups is 1. The fraction of sp³-hybridized carbons (Fsp3) is 0.300. The number of aliphatic imine (C=N–C) groups is 1. The van der Waals surface area contributed by atoms with Gasteiger partial charge in [-0.1, -0.05) is 18.2 Å². The lowest BCUT2D eigenvalue weighted by Crippen LogP contribution is -2.34. The molecule has 0 saturated heterocycles. The number of hydrogen-bond acceptors (Lipinski definition) is 3. The third-order valence-corrected chi connectivity index (χ3v) is 3.75. The quantitative estimate of drug-likeness (QED) is 0.574. The molecule has 0 aliphatic carbocycles. The van der Waals surface area contributed by atoms with E-state index in [1.807, 2.05) is 0 Å². The summed E-state index contributed by atoms with van der Waals surface area (Å²) in [6.45, 7) is 0.250. The highest BCUT2D eigenvalue weighted by molar-refractivity contribution is 7.91. The highest BCUT2D eigenvalue weighted by Gasteiger charge is 2.12. The number of nitrogens with one attached hydrogen (secondary N) is 1. The molecule has 0 radical (unpaired) electrons. The van der Waals surface area contributed by atoms with Crippen molar-refractivity contribution in [3.8, 4) is 0 Å². The summed E-state index contributed by atoms with van der Waals surface area (Å²) in [7, 11) is -1.70. The van der Waals surface area contributed by atoms with Crippen LogP contribution in [-0.4, -0.2) is 33.7 Å². The van der Waals surface area contributed by atoms with E-state index < -0.39 is 9.84 Å². The van der Waals surface area contributed by atoms with Gasteiger partial charge in [0.1, 0.15) is 0 Å². The first kappa shape index (κ1) is 12.5. The molecule has 1 aromatic rings. The van der Waals surface area contributed by atoms with E-state index in [1.165, 1.54) is 7.05 Å². The third-order valence-electron chi connectivity index (χ3n) is 2.02. The second-order valence-corrected chi connectivity index (χ2v) is 5.28. The first-order chi connectivity index (χ1) is 7.56. The zero-order chi connectivity index (χ0) is 12.0. The molecule has 0 fully saturated rings. The molecule has 1 aromatic carbocycles. The Hall–Kier alpha value is -1.56. The zero-order valence-corrected chi connectivity index (χ0v) is 9.87. The normalized spacial score (nSPS) is 12.4. The SMILES string of the molecule is CN=C(N)NCCS(=O)(=O)c1ccccc1. The predicted molar refractivity (Wildman–Crippen MR) is 64.0 cm³/mol. The number of nitrogens with zero attached hydrogens (tertiary/aromatic N) is 1. The fourth-order valence-corrected chi connectivity index (χ4v) is 2.32. The lowest BCUT2D eigenvalue weighted by atomic mass is 10.4. The minimum absolute atomic E-state index is 0.00671. The van der Waals surface area contributed by atoms with Gasteiger partial charge in [0, 0.05) is 13.6 Å². The van der Waals surface area contributed by atoms with Crippen molar-refractivity contribution in [3.05, 3.63) is 30.3 Å². The van der Waals surface area contributed by atoms with E-state index in [0.29, 0.717) is 4.90 Å². The molecule has 0 bridgehead atoms. The minimum Gasteiger partial charge on any atom is -0.370 e. The van der Waals surface area contributed by atoms with Crippen LogP contribution in [0.4, 0.5) is 0 Å². The zero-order valence-electron chi connectivity index (χ0n) is 9.05. The monoisotopic (exact) mass is 241 g/mol. The molecule has 88 valence electrons. The summed E-state index contributed by atoms with van der Waals surface area (Å²) >= 11 is 0. The van der Waals surface area contributed by atoms with Gasteiger partial charge in [-0.3, -0.25) is 4.99 Å². The van der Waals surface area contributed by atoms with Gasteiger partial charge in [-0.05, 0) is 12.1 Å². The number of benzene rings is 1.